The molecular weight excluding hydrogens is 364 g/mol. The van der Waals surface area contributed by atoms with Gasteiger partial charge in [-0.3, -0.25) is 4.79 Å². The van der Waals surface area contributed by atoms with Crippen molar-refractivity contribution in [3.63, 3.8) is 0 Å². The van der Waals surface area contributed by atoms with Gasteiger partial charge in [-0.25, -0.2) is 9.67 Å². The first-order valence-corrected chi connectivity index (χ1v) is 9.50. The molecule has 146 valence electrons. The Kier molecular flexibility index (Phi) is 5.47. The van der Waals surface area contributed by atoms with Crippen LogP contribution < -0.4 is 5.32 Å². The van der Waals surface area contributed by atoms with Crippen LogP contribution in [0.5, 0.6) is 0 Å². The smallest absolute Gasteiger partial charge is 0.273 e. The number of hydrogen-bond acceptors (Lipinski definition) is 4. The summed E-state index contributed by atoms with van der Waals surface area (Å²) in [5.41, 5.74) is 3.53. The number of aryl methyl sites for hydroxylation is 1. The van der Waals surface area contributed by atoms with Crippen molar-refractivity contribution in [2.75, 3.05) is 6.54 Å². The van der Waals surface area contributed by atoms with Crippen LogP contribution in [0.4, 0.5) is 0 Å². The van der Waals surface area contributed by atoms with E-state index in [0.717, 1.165) is 23.6 Å². The lowest BCUT2D eigenvalue weighted by molar-refractivity contribution is 0.0949. The van der Waals surface area contributed by atoms with Gasteiger partial charge in [0.2, 0.25) is 0 Å². The topological polar surface area (TPSA) is 77.6 Å². The summed E-state index contributed by atoms with van der Waals surface area (Å²) in [4.78, 5) is 16.8. The monoisotopic (exact) mass is 386 g/mol. The van der Waals surface area contributed by atoms with E-state index in [0.29, 0.717) is 18.7 Å². The molecule has 29 heavy (non-hydrogen) atoms. The molecular formula is C22H22N6O. The fourth-order valence-electron chi connectivity index (χ4n) is 3.06. The first kappa shape index (κ1) is 18.6. The molecule has 0 saturated heterocycles. The average Bonchev–Trinajstić information content (AvgIpc) is 3.39. The van der Waals surface area contributed by atoms with Crippen molar-refractivity contribution in [1.29, 1.82) is 0 Å². The minimum Gasteiger partial charge on any atom is -0.350 e. The molecule has 2 aromatic heterocycles. The van der Waals surface area contributed by atoms with Gasteiger partial charge in [0, 0.05) is 31.9 Å². The standard InChI is InChI=1S/C22H22N6O/c1-17-7-9-19(10-8-17)28-16-20(25-26-28)22(29)24-12-11-21-23-13-14-27(21)15-18-5-3-2-4-6-18/h2-10,13-14,16H,11-12,15H2,1H3,(H,24,29). The molecule has 2 heterocycles. The van der Waals surface area contributed by atoms with Gasteiger partial charge in [-0.15, -0.1) is 5.10 Å². The highest BCUT2D eigenvalue weighted by Gasteiger charge is 2.12. The zero-order chi connectivity index (χ0) is 20.1. The number of nitrogens with one attached hydrogen (secondary N) is 1. The molecule has 1 N–H and O–H groups in total. The molecule has 0 radical (unpaired) electrons. The number of benzene rings is 2. The van der Waals surface area contributed by atoms with E-state index in [9.17, 15) is 4.79 Å². The van der Waals surface area contributed by atoms with Crippen LogP contribution in [-0.4, -0.2) is 37.0 Å². The Morgan fingerprint density at radius 2 is 1.86 bits per heavy atom. The highest BCUT2D eigenvalue weighted by molar-refractivity contribution is 5.91. The molecule has 0 atom stereocenters. The summed E-state index contributed by atoms with van der Waals surface area (Å²) < 4.78 is 3.69. The van der Waals surface area contributed by atoms with E-state index in [2.05, 4.69) is 37.3 Å². The SMILES string of the molecule is Cc1ccc(-n2cc(C(=O)NCCc3nccn3Cc3ccccc3)nn2)cc1. The van der Waals surface area contributed by atoms with Gasteiger partial charge in [-0.2, -0.15) is 0 Å². The zero-order valence-corrected chi connectivity index (χ0v) is 16.2. The van der Waals surface area contributed by atoms with Gasteiger partial charge in [0.25, 0.3) is 5.91 Å². The van der Waals surface area contributed by atoms with Gasteiger partial charge in [0.1, 0.15) is 5.82 Å². The summed E-state index contributed by atoms with van der Waals surface area (Å²) >= 11 is 0. The van der Waals surface area contributed by atoms with Crippen LogP contribution in [0.2, 0.25) is 0 Å². The van der Waals surface area contributed by atoms with Crippen molar-refractivity contribution >= 4 is 5.91 Å². The number of aromatic nitrogens is 5. The van der Waals surface area contributed by atoms with Crippen LogP contribution in [0.1, 0.15) is 27.4 Å². The highest BCUT2D eigenvalue weighted by Crippen LogP contribution is 2.09. The van der Waals surface area contributed by atoms with Crippen molar-refractivity contribution < 1.29 is 4.79 Å². The summed E-state index contributed by atoms with van der Waals surface area (Å²) in [6.07, 6.45) is 6.01. The minimum atomic E-state index is -0.246. The number of carbonyl (C=O) groups excluding carboxylic acids is 1. The number of rotatable bonds is 7. The van der Waals surface area contributed by atoms with E-state index >= 15 is 0 Å². The number of amides is 1. The largest absolute Gasteiger partial charge is 0.350 e. The zero-order valence-electron chi connectivity index (χ0n) is 16.2. The van der Waals surface area contributed by atoms with E-state index in [-0.39, 0.29) is 5.91 Å². The predicted octanol–water partition coefficient (Wildman–Crippen LogP) is 2.79. The molecule has 0 bridgehead atoms. The molecule has 0 saturated carbocycles. The Morgan fingerprint density at radius 1 is 1.07 bits per heavy atom. The van der Waals surface area contributed by atoms with Crippen molar-refractivity contribution in [1.82, 2.24) is 29.9 Å². The van der Waals surface area contributed by atoms with E-state index in [1.165, 1.54) is 5.56 Å². The molecule has 0 spiro atoms. The molecule has 7 heteroatoms. The first-order valence-electron chi connectivity index (χ1n) is 9.50. The quantitative estimate of drug-likeness (QED) is 0.530. The molecule has 0 fully saturated rings. The summed E-state index contributed by atoms with van der Waals surface area (Å²) in [6, 6.07) is 18.1. The van der Waals surface area contributed by atoms with Crippen molar-refractivity contribution in [2.24, 2.45) is 0 Å². The number of hydrogen-bond donors (Lipinski definition) is 1. The second-order valence-electron chi connectivity index (χ2n) is 6.85. The van der Waals surface area contributed by atoms with Crippen molar-refractivity contribution in [2.45, 2.75) is 19.9 Å². The lowest BCUT2D eigenvalue weighted by Crippen LogP contribution is -2.26. The molecule has 4 aromatic rings. The van der Waals surface area contributed by atoms with Crippen molar-refractivity contribution in [3.05, 3.63) is 95.8 Å². The fraction of sp³-hybridized carbons (Fsp3) is 0.182. The number of nitrogens with zero attached hydrogens (tertiary/aromatic N) is 5. The van der Waals surface area contributed by atoms with Gasteiger partial charge in [-0.05, 0) is 24.6 Å². The Morgan fingerprint density at radius 3 is 2.66 bits per heavy atom. The lowest BCUT2D eigenvalue weighted by Gasteiger charge is -2.08. The van der Waals surface area contributed by atoms with Crippen LogP contribution in [-0.2, 0) is 13.0 Å². The average molecular weight is 386 g/mol. The first-order chi connectivity index (χ1) is 14.2. The molecule has 7 nitrogen and oxygen atoms in total. The van der Waals surface area contributed by atoms with Crippen LogP contribution in [0.3, 0.4) is 0 Å². The Bertz CT molecular complexity index is 1080. The predicted molar refractivity (Wildman–Crippen MR) is 110 cm³/mol. The third kappa shape index (κ3) is 4.57. The van der Waals surface area contributed by atoms with Crippen molar-refractivity contribution in [3.8, 4) is 5.69 Å². The van der Waals surface area contributed by atoms with E-state index in [4.69, 9.17) is 0 Å². The molecule has 0 aliphatic heterocycles. The van der Waals surface area contributed by atoms with Gasteiger partial charge in [-0.1, -0.05) is 53.2 Å². The molecule has 4 rings (SSSR count). The van der Waals surface area contributed by atoms with Crippen LogP contribution >= 0.6 is 0 Å². The molecule has 2 aromatic carbocycles. The molecule has 0 unspecified atom stereocenters. The molecule has 0 aliphatic carbocycles. The van der Waals surface area contributed by atoms with Gasteiger partial charge in [0.05, 0.1) is 11.9 Å². The second kappa shape index (κ2) is 8.52. The van der Waals surface area contributed by atoms with Crippen LogP contribution in [0.15, 0.2) is 73.2 Å². The fourth-order valence-corrected chi connectivity index (χ4v) is 3.06. The maximum Gasteiger partial charge on any atom is 0.273 e. The Labute approximate surface area is 169 Å². The normalized spacial score (nSPS) is 10.8. The lowest BCUT2D eigenvalue weighted by atomic mass is 10.2. The minimum absolute atomic E-state index is 0.246. The third-order valence-electron chi connectivity index (χ3n) is 4.66. The van der Waals surface area contributed by atoms with Gasteiger partial charge < -0.3 is 9.88 Å². The number of carbonyl (C=O) groups is 1. The van der Waals surface area contributed by atoms with Crippen LogP contribution in [0.25, 0.3) is 5.69 Å². The Hall–Kier alpha value is -3.74. The third-order valence-corrected chi connectivity index (χ3v) is 4.66. The van der Waals surface area contributed by atoms with Crippen LogP contribution in [0, 0.1) is 6.92 Å². The highest BCUT2D eigenvalue weighted by atomic mass is 16.2. The maximum absolute atomic E-state index is 12.4. The summed E-state index contributed by atoms with van der Waals surface area (Å²) in [5.74, 6) is 0.682. The number of imidazole rings is 1. The Balaban J connectivity index is 1.33. The second-order valence-corrected chi connectivity index (χ2v) is 6.85. The molecule has 0 aliphatic rings. The summed E-state index contributed by atoms with van der Waals surface area (Å²) in [6.45, 7) is 3.26. The van der Waals surface area contributed by atoms with E-state index in [1.807, 2.05) is 55.6 Å². The van der Waals surface area contributed by atoms with Gasteiger partial charge >= 0.3 is 0 Å². The summed E-state index contributed by atoms with van der Waals surface area (Å²) in [5, 5.41) is 10.9. The maximum atomic E-state index is 12.4. The van der Waals surface area contributed by atoms with E-state index in [1.54, 1.807) is 17.1 Å². The molecule has 1 amide bonds. The summed E-state index contributed by atoms with van der Waals surface area (Å²) in [7, 11) is 0. The van der Waals surface area contributed by atoms with Gasteiger partial charge in [0.15, 0.2) is 5.69 Å². The van der Waals surface area contributed by atoms with E-state index < -0.39 is 0 Å².